The Bertz CT molecular complexity index is 1260. The van der Waals surface area contributed by atoms with Gasteiger partial charge in [0.15, 0.2) is 11.5 Å². The van der Waals surface area contributed by atoms with Crippen LogP contribution in [0.4, 0.5) is 11.4 Å². The van der Waals surface area contributed by atoms with Gasteiger partial charge in [-0.1, -0.05) is 6.07 Å². The molecule has 0 aromatic heterocycles. The van der Waals surface area contributed by atoms with Gasteiger partial charge in [-0.3, -0.25) is 9.52 Å². The number of rotatable bonds is 6. The van der Waals surface area contributed by atoms with Gasteiger partial charge in [0.05, 0.1) is 12.0 Å². The number of fused-ring (bicyclic) bond motifs is 1. The molecule has 3 aromatic rings. The van der Waals surface area contributed by atoms with Crippen LogP contribution in [0.1, 0.15) is 15.9 Å². The molecule has 0 saturated heterocycles. The predicted octanol–water partition coefficient (Wildman–Crippen LogP) is 3.83. The summed E-state index contributed by atoms with van der Waals surface area (Å²) in [5.74, 6) is 1.31. The number of hydrogen-bond acceptors (Lipinski definition) is 6. The summed E-state index contributed by atoms with van der Waals surface area (Å²) < 4.78 is 44.5. The van der Waals surface area contributed by atoms with Crippen molar-refractivity contribution in [1.29, 1.82) is 0 Å². The Morgan fingerprint density at radius 2 is 1.59 bits per heavy atom. The molecule has 32 heavy (non-hydrogen) atoms. The van der Waals surface area contributed by atoms with Crippen LogP contribution < -0.4 is 24.2 Å². The van der Waals surface area contributed by atoms with Crippen molar-refractivity contribution in [3.05, 3.63) is 71.8 Å². The number of carbonyl (C=O) groups is 1. The van der Waals surface area contributed by atoms with Gasteiger partial charge in [-0.25, -0.2) is 8.42 Å². The lowest BCUT2D eigenvalue weighted by atomic mass is 10.1. The van der Waals surface area contributed by atoms with Crippen molar-refractivity contribution in [2.75, 3.05) is 30.4 Å². The van der Waals surface area contributed by atoms with Crippen LogP contribution in [0, 0.1) is 6.92 Å². The maximum absolute atomic E-state index is 13.0. The summed E-state index contributed by atoms with van der Waals surface area (Å²) in [6.07, 6.45) is 0. The van der Waals surface area contributed by atoms with E-state index in [2.05, 4.69) is 10.0 Å². The van der Waals surface area contributed by atoms with E-state index in [0.717, 1.165) is 0 Å². The summed E-state index contributed by atoms with van der Waals surface area (Å²) in [6.45, 7) is 2.57. The average molecular weight is 455 g/mol. The number of nitrogens with one attached hydrogen (secondary N) is 2. The molecule has 0 fully saturated rings. The van der Waals surface area contributed by atoms with E-state index in [0.29, 0.717) is 53.0 Å². The van der Waals surface area contributed by atoms with Gasteiger partial charge in [-0.15, -0.1) is 0 Å². The molecule has 0 aliphatic carbocycles. The van der Waals surface area contributed by atoms with Crippen LogP contribution in [-0.2, 0) is 10.0 Å². The molecule has 0 bridgehead atoms. The van der Waals surface area contributed by atoms with Gasteiger partial charge in [0.2, 0.25) is 0 Å². The zero-order valence-electron chi connectivity index (χ0n) is 17.5. The molecule has 9 heteroatoms. The van der Waals surface area contributed by atoms with Crippen molar-refractivity contribution in [2.24, 2.45) is 0 Å². The number of benzene rings is 3. The van der Waals surface area contributed by atoms with Crippen LogP contribution in [0.15, 0.2) is 65.6 Å². The molecule has 3 aromatic carbocycles. The summed E-state index contributed by atoms with van der Waals surface area (Å²) in [5.41, 5.74) is 1.67. The fraction of sp³-hybridized carbons (Fsp3) is 0.174. The first-order valence-electron chi connectivity index (χ1n) is 9.84. The van der Waals surface area contributed by atoms with Crippen molar-refractivity contribution >= 4 is 27.3 Å². The molecule has 8 nitrogen and oxygen atoms in total. The number of carbonyl (C=O) groups excluding carboxylic acids is 1. The Labute approximate surface area is 186 Å². The summed E-state index contributed by atoms with van der Waals surface area (Å²) in [4.78, 5) is 12.8. The normalized spacial score (nSPS) is 12.7. The highest BCUT2D eigenvalue weighted by Crippen LogP contribution is 2.31. The molecule has 4 rings (SSSR count). The van der Waals surface area contributed by atoms with Crippen molar-refractivity contribution in [2.45, 2.75) is 11.8 Å². The van der Waals surface area contributed by atoms with E-state index < -0.39 is 15.9 Å². The van der Waals surface area contributed by atoms with Gasteiger partial charge in [0, 0.05) is 16.9 Å². The molecular weight excluding hydrogens is 432 g/mol. The topological polar surface area (TPSA) is 103 Å². The number of hydrogen-bond donors (Lipinski definition) is 2. The van der Waals surface area contributed by atoms with Gasteiger partial charge in [0.25, 0.3) is 15.9 Å². The number of ether oxygens (including phenoxy) is 3. The molecule has 1 aliphatic heterocycles. The standard InChI is InChI=1S/C23H22N2O6S/c1-15-3-5-18(24-23(26)16-4-10-20-21(13-16)31-12-11-30-20)14-22(15)32(27,28)25-17-6-8-19(29-2)9-7-17/h3-10,13-14,25H,11-12H2,1-2H3,(H,24,26). The summed E-state index contributed by atoms with van der Waals surface area (Å²) in [7, 11) is -2.34. The first-order chi connectivity index (χ1) is 15.4. The van der Waals surface area contributed by atoms with Crippen LogP contribution >= 0.6 is 0 Å². The van der Waals surface area contributed by atoms with Crippen molar-refractivity contribution in [3.63, 3.8) is 0 Å². The number of methoxy groups -OCH3 is 1. The van der Waals surface area contributed by atoms with E-state index >= 15 is 0 Å². The lowest BCUT2D eigenvalue weighted by Crippen LogP contribution is -2.18. The molecule has 1 amide bonds. The lowest BCUT2D eigenvalue weighted by molar-refractivity contribution is 0.102. The summed E-state index contributed by atoms with van der Waals surface area (Å²) in [6, 6.07) is 16.2. The minimum atomic E-state index is -3.88. The van der Waals surface area contributed by atoms with Crippen LogP contribution in [-0.4, -0.2) is 34.6 Å². The van der Waals surface area contributed by atoms with Crippen LogP contribution in [0.5, 0.6) is 17.2 Å². The smallest absolute Gasteiger partial charge is 0.262 e. The van der Waals surface area contributed by atoms with Gasteiger partial charge in [-0.2, -0.15) is 0 Å². The fourth-order valence-corrected chi connectivity index (χ4v) is 4.55. The quantitative estimate of drug-likeness (QED) is 0.587. The van der Waals surface area contributed by atoms with Crippen LogP contribution in [0.25, 0.3) is 0 Å². The van der Waals surface area contributed by atoms with E-state index in [9.17, 15) is 13.2 Å². The van der Waals surface area contributed by atoms with Crippen molar-refractivity contribution in [3.8, 4) is 17.2 Å². The van der Waals surface area contributed by atoms with Gasteiger partial charge in [-0.05, 0) is 67.1 Å². The Hall–Kier alpha value is -3.72. The first-order valence-corrected chi connectivity index (χ1v) is 11.3. The van der Waals surface area contributed by atoms with Crippen LogP contribution in [0.2, 0.25) is 0 Å². The molecular formula is C23H22N2O6S. The molecule has 0 unspecified atom stereocenters. The fourth-order valence-electron chi connectivity index (χ4n) is 3.22. The SMILES string of the molecule is COc1ccc(NS(=O)(=O)c2cc(NC(=O)c3ccc4c(c3)OCCO4)ccc2C)cc1. The van der Waals surface area contributed by atoms with E-state index in [1.807, 2.05) is 0 Å². The lowest BCUT2D eigenvalue weighted by Gasteiger charge is -2.18. The molecule has 0 spiro atoms. The zero-order valence-corrected chi connectivity index (χ0v) is 18.4. The Morgan fingerprint density at radius 3 is 2.31 bits per heavy atom. The second-order valence-electron chi connectivity index (χ2n) is 7.13. The highest BCUT2D eigenvalue weighted by molar-refractivity contribution is 7.92. The third-order valence-corrected chi connectivity index (χ3v) is 6.41. The second kappa shape index (κ2) is 8.80. The third kappa shape index (κ3) is 4.62. The van der Waals surface area contributed by atoms with Crippen molar-refractivity contribution in [1.82, 2.24) is 0 Å². The molecule has 2 N–H and O–H groups in total. The van der Waals surface area contributed by atoms with E-state index in [1.165, 1.54) is 13.2 Å². The molecule has 1 heterocycles. The predicted molar refractivity (Wildman–Crippen MR) is 120 cm³/mol. The molecule has 0 radical (unpaired) electrons. The molecule has 0 saturated carbocycles. The minimum Gasteiger partial charge on any atom is -0.497 e. The monoisotopic (exact) mass is 454 g/mol. The van der Waals surface area contributed by atoms with Gasteiger partial charge in [0.1, 0.15) is 19.0 Å². The van der Waals surface area contributed by atoms with E-state index in [1.54, 1.807) is 61.5 Å². The van der Waals surface area contributed by atoms with Gasteiger partial charge >= 0.3 is 0 Å². The second-order valence-corrected chi connectivity index (χ2v) is 8.78. The largest absolute Gasteiger partial charge is 0.497 e. The van der Waals surface area contributed by atoms with Crippen molar-refractivity contribution < 1.29 is 27.4 Å². The average Bonchev–Trinajstić information content (AvgIpc) is 2.80. The summed E-state index contributed by atoms with van der Waals surface area (Å²) >= 11 is 0. The van der Waals surface area contributed by atoms with Gasteiger partial charge < -0.3 is 19.5 Å². The Morgan fingerprint density at radius 1 is 0.906 bits per heavy atom. The highest BCUT2D eigenvalue weighted by atomic mass is 32.2. The summed E-state index contributed by atoms with van der Waals surface area (Å²) in [5, 5.41) is 2.74. The zero-order chi connectivity index (χ0) is 22.7. The number of amides is 1. The van der Waals surface area contributed by atoms with E-state index in [4.69, 9.17) is 14.2 Å². The molecule has 0 atom stereocenters. The maximum Gasteiger partial charge on any atom is 0.262 e. The first kappa shape index (κ1) is 21.5. The Kier molecular flexibility index (Phi) is 5.91. The number of aryl methyl sites for hydroxylation is 1. The van der Waals surface area contributed by atoms with Crippen LogP contribution in [0.3, 0.4) is 0 Å². The van der Waals surface area contributed by atoms with E-state index in [-0.39, 0.29) is 4.90 Å². The Balaban J connectivity index is 1.54. The maximum atomic E-state index is 13.0. The molecule has 1 aliphatic rings. The molecule has 166 valence electrons. The third-order valence-electron chi connectivity index (χ3n) is 4.88. The number of anilines is 2. The number of sulfonamides is 1. The minimum absolute atomic E-state index is 0.0632. The highest BCUT2D eigenvalue weighted by Gasteiger charge is 2.19.